The van der Waals surface area contributed by atoms with Gasteiger partial charge in [0.25, 0.3) is 0 Å². The first-order valence-electron chi connectivity index (χ1n) is 4.83. The van der Waals surface area contributed by atoms with Gasteiger partial charge in [-0.15, -0.1) is 10.2 Å². The summed E-state index contributed by atoms with van der Waals surface area (Å²) in [5.41, 5.74) is 1.06. The molecule has 17 heavy (non-hydrogen) atoms. The first-order valence-corrected chi connectivity index (χ1v) is 5.58. The minimum Gasteiger partial charge on any atom is -0.378 e. The fourth-order valence-corrected chi connectivity index (χ4v) is 1.62. The normalized spacial score (nSPS) is 10.3. The summed E-state index contributed by atoms with van der Waals surface area (Å²) >= 11 is 11.5. The Morgan fingerprint density at radius 3 is 2.71 bits per heavy atom. The molecule has 6 heteroatoms. The van der Waals surface area contributed by atoms with E-state index in [2.05, 4.69) is 15.5 Å². The lowest BCUT2D eigenvalue weighted by Gasteiger charge is -2.08. The lowest BCUT2D eigenvalue weighted by atomic mass is 10.2. The van der Waals surface area contributed by atoms with Crippen LogP contribution in [-0.4, -0.2) is 10.2 Å². The van der Waals surface area contributed by atoms with Crippen LogP contribution in [-0.2, 0) is 6.54 Å². The quantitative estimate of drug-likeness (QED) is 0.928. The zero-order valence-corrected chi connectivity index (χ0v) is 10.1. The minimum atomic E-state index is -0.274. The van der Waals surface area contributed by atoms with Crippen molar-refractivity contribution in [3.05, 3.63) is 52.0 Å². The van der Waals surface area contributed by atoms with Gasteiger partial charge in [0.05, 0.1) is 5.69 Å². The number of benzene rings is 1. The molecule has 1 aromatic heterocycles. The number of hydrogen-bond donors (Lipinski definition) is 1. The predicted octanol–water partition coefficient (Wildman–Crippen LogP) is 3.53. The molecule has 0 spiro atoms. The zero-order chi connectivity index (χ0) is 12.3. The summed E-state index contributed by atoms with van der Waals surface area (Å²) in [6, 6.07) is 8.02. The van der Waals surface area contributed by atoms with Crippen molar-refractivity contribution in [3.63, 3.8) is 0 Å². The molecule has 0 aliphatic rings. The second-order valence-corrected chi connectivity index (χ2v) is 4.06. The Morgan fingerprint density at radius 1 is 1.18 bits per heavy atom. The number of hydrogen-bond acceptors (Lipinski definition) is 3. The van der Waals surface area contributed by atoms with Gasteiger partial charge in [-0.2, -0.15) is 0 Å². The lowest BCUT2D eigenvalue weighted by molar-refractivity contribution is 0.613. The Morgan fingerprint density at radius 2 is 1.94 bits per heavy atom. The van der Waals surface area contributed by atoms with Crippen LogP contribution in [0, 0.1) is 5.82 Å². The Bertz CT molecular complexity index is 534. The van der Waals surface area contributed by atoms with Gasteiger partial charge in [-0.3, -0.25) is 0 Å². The molecule has 3 nitrogen and oxygen atoms in total. The van der Waals surface area contributed by atoms with E-state index in [-0.39, 0.29) is 16.1 Å². The maximum atomic E-state index is 13.3. The van der Waals surface area contributed by atoms with Crippen LogP contribution >= 0.6 is 23.2 Å². The maximum Gasteiger partial charge on any atom is 0.174 e. The van der Waals surface area contributed by atoms with Crippen molar-refractivity contribution in [2.24, 2.45) is 0 Å². The highest BCUT2D eigenvalue weighted by atomic mass is 35.5. The predicted molar refractivity (Wildman–Crippen MR) is 65.8 cm³/mol. The Kier molecular flexibility index (Phi) is 3.76. The molecule has 0 saturated carbocycles. The SMILES string of the molecule is Fc1ccccc1CNc1cc(Cl)nnc1Cl. The number of aromatic nitrogens is 2. The highest BCUT2D eigenvalue weighted by molar-refractivity contribution is 6.33. The molecule has 0 atom stereocenters. The van der Waals surface area contributed by atoms with Crippen LogP contribution < -0.4 is 5.32 Å². The van der Waals surface area contributed by atoms with Crippen molar-refractivity contribution >= 4 is 28.9 Å². The summed E-state index contributed by atoms with van der Waals surface area (Å²) in [6.07, 6.45) is 0. The summed E-state index contributed by atoms with van der Waals surface area (Å²) in [4.78, 5) is 0. The molecule has 0 aliphatic carbocycles. The summed E-state index contributed by atoms with van der Waals surface area (Å²) in [6.45, 7) is 0.300. The van der Waals surface area contributed by atoms with Crippen molar-refractivity contribution in [3.8, 4) is 0 Å². The van der Waals surface area contributed by atoms with Gasteiger partial charge >= 0.3 is 0 Å². The van der Waals surface area contributed by atoms with Gasteiger partial charge < -0.3 is 5.32 Å². The van der Waals surface area contributed by atoms with E-state index >= 15 is 0 Å². The monoisotopic (exact) mass is 271 g/mol. The molecular weight excluding hydrogens is 264 g/mol. The zero-order valence-electron chi connectivity index (χ0n) is 8.62. The molecule has 0 aliphatic heterocycles. The second kappa shape index (κ2) is 5.29. The first kappa shape index (κ1) is 12.1. The van der Waals surface area contributed by atoms with E-state index in [1.54, 1.807) is 18.2 Å². The molecule has 1 heterocycles. The van der Waals surface area contributed by atoms with E-state index in [0.29, 0.717) is 17.8 Å². The highest BCUT2D eigenvalue weighted by Crippen LogP contribution is 2.21. The van der Waals surface area contributed by atoms with E-state index in [1.807, 2.05) is 0 Å². The van der Waals surface area contributed by atoms with Crippen molar-refractivity contribution in [2.75, 3.05) is 5.32 Å². The summed E-state index contributed by atoms with van der Waals surface area (Å²) < 4.78 is 13.3. The molecule has 0 amide bonds. The molecular formula is C11H8Cl2FN3. The number of nitrogens with zero attached hydrogens (tertiary/aromatic N) is 2. The number of nitrogens with one attached hydrogen (secondary N) is 1. The van der Waals surface area contributed by atoms with Crippen LogP contribution in [0.15, 0.2) is 30.3 Å². The van der Waals surface area contributed by atoms with Crippen LogP contribution in [0.3, 0.4) is 0 Å². The summed E-state index contributed by atoms with van der Waals surface area (Å²) in [7, 11) is 0. The van der Waals surface area contributed by atoms with Crippen molar-refractivity contribution < 1.29 is 4.39 Å². The van der Waals surface area contributed by atoms with Crippen LogP contribution in [0.5, 0.6) is 0 Å². The van der Waals surface area contributed by atoms with Crippen molar-refractivity contribution in [1.29, 1.82) is 0 Å². The van der Waals surface area contributed by atoms with E-state index in [0.717, 1.165) is 0 Å². The van der Waals surface area contributed by atoms with E-state index in [9.17, 15) is 4.39 Å². The molecule has 2 rings (SSSR count). The maximum absolute atomic E-state index is 13.3. The third kappa shape index (κ3) is 3.05. The topological polar surface area (TPSA) is 37.8 Å². The molecule has 0 unspecified atom stereocenters. The minimum absolute atomic E-state index is 0.200. The smallest absolute Gasteiger partial charge is 0.174 e. The molecule has 1 aromatic carbocycles. The molecule has 0 radical (unpaired) electrons. The van der Waals surface area contributed by atoms with Gasteiger partial charge in [-0.1, -0.05) is 41.4 Å². The molecule has 1 N–H and O–H groups in total. The average molecular weight is 272 g/mol. The van der Waals surface area contributed by atoms with Gasteiger partial charge in [0, 0.05) is 18.2 Å². The lowest BCUT2D eigenvalue weighted by Crippen LogP contribution is -2.03. The van der Waals surface area contributed by atoms with Gasteiger partial charge in [-0.25, -0.2) is 4.39 Å². The van der Waals surface area contributed by atoms with E-state index < -0.39 is 0 Å². The van der Waals surface area contributed by atoms with Gasteiger partial charge in [0.1, 0.15) is 5.82 Å². The van der Waals surface area contributed by atoms with Gasteiger partial charge in [0.2, 0.25) is 0 Å². The summed E-state index contributed by atoms with van der Waals surface area (Å²) in [5.74, 6) is -0.274. The van der Waals surface area contributed by atoms with Gasteiger partial charge in [0.15, 0.2) is 10.3 Å². The summed E-state index contributed by atoms with van der Waals surface area (Å²) in [5, 5.41) is 10.6. The Balaban J connectivity index is 2.12. The van der Waals surface area contributed by atoms with Crippen molar-refractivity contribution in [1.82, 2.24) is 10.2 Å². The number of rotatable bonds is 3. The number of halogens is 3. The van der Waals surface area contributed by atoms with Crippen LogP contribution in [0.1, 0.15) is 5.56 Å². The fourth-order valence-electron chi connectivity index (χ4n) is 1.31. The van der Waals surface area contributed by atoms with E-state index in [4.69, 9.17) is 23.2 Å². The second-order valence-electron chi connectivity index (χ2n) is 3.32. The molecule has 88 valence electrons. The van der Waals surface area contributed by atoms with Crippen LogP contribution in [0.4, 0.5) is 10.1 Å². The van der Waals surface area contributed by atoms with Crippen molar-refractivity contribution in [2.45, 2.75) is 6.54 Å². The fraction of sp³-hybridized carbons (Fsp3) is 0.0909. The average Bonchev–Trinajstić information content (AvgIpc) is 2.32. The largest absolute Gasteiger partial charge is 0.378 e. The highest BCUT2D eigenvalue weighted by Gasteiger charge is 2.05. The third-order valence-corrected chi connectivity index (χ3v) is 2.61. The Hall–Kier alpha value is -1.39. The van der Waals surface area contributed by atoms with E-state index in [1.165, 1.54) is 12.1 Å². The molecule has 0 fully saturated rings. The molecule has 0 saturated heterocycles. The number of anilines is 1. The van der Waals surface area contributed by atoms with Crippen LogP contribution in [0.25, 0.3) is 0 Å². The first-order chi connectivity index (χ1) is 8.16. The van der Waals surface area contributed by atoms with Gasteiger partial charge in [-0.05, 0) is 6.07 Å². The van der Waals surface area contributed by atoms with Crippen LogP contribution in [0.2, 0.25) is 10.3 Å². The third-order valence-electron chi connectivity index (χ3n) is 2.15. The standard InChI is InChI=1S/C11H8Cl2FN3/c12-10-5-9(11(13)17-16-10)15-6-7-3-1-2-4-8(7)14/h1-5H,6H2,(H,15,16). The molecule has 2 aromatic rings. The molecule has 0 bridgehead atoms. The Labute approximate surface area is 108 Å².